The first-order chi connectivity index (χ1) is 14.2. The fraction of sp³-hybridized carbons (Fsp3) is 0. The molecule has 0 spiro atoms. The molecule has 2 amide bonds. The van der Waals surface area contributed by atoms with Gasteiger partial charge in [-0.1, -0.05) is 51.9 Å². The molecule has 4 aromatic rings. The predicted octanol–water partition coefficient (Wildman–Crippen LogP) is 6.16. The molecule has 0 fully saturated rings. The lowest BCUT2D eigenvalue weighted by Gasteiger charge is -2.21. The smallest absolute Gasteiger partial charge is 0.301 e. The molecule has 2 heterocycles. The third-order valence-electron chi connectivity index (χ3n) is 3.95. The van der Waals surface area contributed by atoms with Crippen molar-refractivity contribution in [3.8, 4) is 0 Å². The zero-order valence-corrected chi connectivity index (χ0v) is 16.7. The molecule has 2 aromatic heterocycles. The van der Waals surface area contributed by atoms with Gasteiger partial charge in [0.15, 0.2) is 11.5 Å². The molecular formula is C22H15NO4S2. The number of amides is 2. The highest BCUT2D eigenvalue weighted by Crippen LogP contribution is 2.42. The largest absolute Gasteiger partial charge is 0.459 e. The molecule has 2 aromatic carbocycles. The van der Waals surface area contributed by atoms with Crippen LogP contribution in [0, 0.1) is 0 Å². The number of furan rings is 2. The molecule has 144 valence electrons. The Hall–Kier alpha value is -3.16. The van der Waals surface area contributed by atoms with Crippen molar-refractivity contribution in [2.24, 2.45) is 0 Å². The fourth-order valence-corrected chi connectivity index (χ4v) is 4.76. The third kappa shape index (κ3) is 4.31. The number of carbonyl (C=O) groups is 2. The Morgan fingerprint density at radius 3 is 1.83 bits per heavy atom. The van der Waals surface area contributed by atoms with E-state index >= 15 is 0 Å². The van der Waals surface area contributed by atoms with Crippen molar-refractivity contribution < 1.29 is 18.4 Å². The summed E-state index contributed by atoms with van der Waals surface area (Å²) in [5, 5.41) is 0. The first-order valence-corrected chi connectivity index (χ1v) is 10.8. The minimum atomic E-state index is -0.561. The van der Waals surface area contributed by atoms with Crippen LogP contribution in [0.3, 0.4) is 0 Å². The van der Waals surface area contributed by atoms with Crippen molar-refractivity contribution >= 4 is 39.1 Å². The van der Waals surface area contributed by atoms with Gasteiger partial charge in [-0.15, -0.1) is 0 Å². The van der Waals surface area contributed by atoms with Crippen molar-refractivity contribution in [1.29, 1.82) is 0 Å². The van der Waals surface area contributed by atoms with Crippen LogP contribution in [0.25, 0.3) is 0 Å². The van der Waals surface area contributed by atoms with Gasteiger partial charge in [-0.2, -0.15) is 0 Å². The molecule has 0 aliphatic rings. The van der Waals surface area contributed by atoms with Gasteiger partial charge in [0.1, 0.15) is 0 Å². The zero-order valence-electron chi connectivity index (χ0n) is 15.1. The molecule has 5 nitrogen and oxygen atoms in total. The van der Waals surface area contributed by atoms with Crippen LogP contribution in [0.4, 0.5) is 5.69 Å². The Labute approximate surface area is 175 Å². The summed E-state index contributed by atoms with van der Waals surface area (Å²) in [6.07, 6.45) is 2.80. The summed E-state index contributed by atoms with van der Waals surface area (Å²) < 4.78 is 10.5. The van der Waals surface area contributed by atoms with E-state index < -0.39 is 11.8 Å². The molecule has 7 heteroatoms. The molecule has 29 heavy (non-hydrogen) atoms. The second kappa shape index (κ2) is 8.89. The highest BCUT2D eigenvalue weighted by molar-refractivity contribution is 8.76. The SMILES string of the molecule is O=C(c1ccco1)N(C(=O)c1ccco1)c1ccccc1SSc1ccccc1. The van der Waals surface area contributed by atoms with Gasteiger partial charge in [-0.25, -0.2) is 4.90 Å². The van der Waals surface area contributed by atoms with E-state index in [1.54, 1.807) is 35.1 Å². The number of imide groups is 1. The molecule has 0 unspecified atom stereocenters. The summed E-state index contributed by atoms with van der Waals surface area (Å²) in [5.41, 5.74) is 0.462. The van der Waals surface area contributed by atoms with Gasteiger partial charge in [0.25, 0.3) is 0 Å². The van der Waals surface area contributed by atoms with Gasteiger partial charge < -0.3 is 8.83 Å². The van der Waals surface area contributed by atoms with E-state index in [-0.39, 0.29) is 11.5 Å². The molecule has 0 aliphatic heterocycles. The molecule has 0 aliphatic carbocycles. The average molecular weight is 421 g/mol. The Kier molecular flexibility index (Phi) is 5.88. The number of anilines is 1. The van der Waals surface area contributed by atoms with Crippen molar-refractivity contribution in [2.75, 3.05) is 4.90 Å². The normalized spacial score (nSPS) is 10.6. The quantitative estimate of drug-likeness (QED) is 0.274. The molecule has 0 N–H and O–H groups in total. The molecule has 0 atom stereocenters. The van der Waals surface area contributed by atoms with Crippen molar-refractivity contribution in [1.82, 2.24) is 0 Å². The van der Waals surface area contributed by atoms with Gasteiger partial charge in [0.05, 0.1) is 18.2 Å². The number of hydrogen-bond donors (Lipinski definition) is 0. The zero-order chi connectivity index (χ0) is 20.1. The predicted molar refractivity (Wildman–Crippen MR) is 113 cm³/mol. The van der Waals surface area contributed by atoms with Gasteiger partial charge >= 0.3 is 11.8 Å². The molecular weight excluding hydrogens is 406 g/mol. The number of hydrogen-bond acceptors (Lipinski definition) is 6. The van der Waals surface area contributed by atoms with Crippen LogP contribution in [0.2, 0.25) is 0 Å². The van der Waals surface area contributed by atoms with Crippen LogP contribution in [0.5, 0.6) is 0 Å². The lowest BCUT2D eigenvalue weighted by Crippen LogP contribution is -2.37. The maximum Gasteiger partial charge on any atom is 0.301 e. The minimum Gasteiger partial charge on any atom is -0.459 e. The van der Waals surface area contributed by atoms with Gasteiger partial charge in [-0.3, -0.25) is 9.59 Å². The maximum absolute atomic E-state index is 13.1. The first-order valence-electron chi connectivity index (χ1n) is 8.68. The van der Waals surface area contributed by atoms with E-state index in [1.807, 2.05) is 42.5 Å². The Balaban J connectivity index is 1.71. The van der Waals surface area contributed by atoms with E-state index in [0.717, 1.165) is 14.7 Å². The van der Waals surface area contributed by atoms with Crippen LogP contribution < -0.4 is 4.90 Å². The molecule has 0 saturated carbocycles. The summed E-state index contributed by atoms with van der Waals surface area (Å²) in [7, 11) is 3.01. The van der Waals surface area contributed by atoms with Gasteiger partial charge in [0.2, 0.25) is 0 Å². The fourth-order valence-electron chi connectivity index (χ4n) is 2.61. The Morgan fingerprint density at radius 2 is 1.24 bits per heavy atom. The molecule has 0 bridgehead atoms. The van der Waals surface area contributed by atoms with Crippen LogP contribution >= 0.6 is 21.6 Å². The first kappa shape index (κ1) is 19.2. The van der Waals surface area contributed by atoms with Crippen LogP contribution in [-0.2, 0) is 0 Å². The Bertz CT molecular complexity index is 1050. The van der Waals surface area contributed by atoms with Crippen LogP contribution in [0.1, 0.15) is 21.1 Å². The molecule has 0 radical (unpaired) electrons. The van der Waals surface area contributed by atoms with E-state index in [2.05, 4.69) is 0 Å². The summed E-state index contributed by atoms with van der Waals surface area (Å²) in [5.74, 6) is -0.982. The number of carbonyl (C=O) groups excluding carboxylic acids is 2. The number of rotatable bonds is 6. The third-order valence-corrected chi connectivity index (χ3v) is 6.39. The highest BCUT2D eigenvalue weighted by atomic mass is 33.1. The molecule has 4 rings (SSSR count). The number of para-hydroxylation sites is 1. The van der Waals surface area contributed by atoms with E-state index in [1.165, 1.54) is 35.5 Å². The monoisotopic (exact) mass is 421 g/mol. The van der Waals surface area contributed by atoms with Crippen LogP contribution in [-0.4, -0.2) is 11.8 Å². The van der Waals surface area contributed by atoms with Crippen molar-refractivity contribution in [3.63, 3.8) is 0 Å². The second-order valence-corrected chi connectivity index (χ2v) is 8.09. The van der Waals surface area contributed by atoms with Crippen molar-refractivity contribution in [2.45, 2.75) is 9.79 Å². The van der Waals surface area contributed by atoms with Gasteiger partial charge in [-0.05, 0) is 48.5 Å². The summed E-state index contributed by atoms with van der Waals surface area (Å²) in [4.78, 5) is 29.2. The minimum absolute atomic E-state index is 0.0698. The lowest BCUT2D eigenvalue weighted by molar-refractivity contribution is 0.0866. The highest BCUT2D eigenvalue weighted by Gasteiger charge is 2.31. The van der Waals surface area contributed by atoms with E-state index in [0.29, 0.717) is 5.69 Å². The second-order valence-electron chi connectivity index (χ2n) is 5.85. The summed E-state index contributed by atoms with van der Waals surface area (Å²) >= 11 is 0. The molecule has 0 saturated heterocycles. The summed E-state index contributed by atoms with van der Waals surface area (Å²) in [6.45, 7) is 0. The average Bonchev–Trinajstić information content (AvgIpc) is 3.48. The number of nitrogens with zero attached hydrogens (tertiary/aromatic N) is 1. The number of benzene rings is 2. The Morgan fingerprint density at radius 1 is 0.655 bits per heavy atom. The van der Waals surface area contributed by atoms with Crippen molar-refractivity contribution in [3.05, 3.63) is 103 Å². The maximum atomic E-state index is 13.1. The van der Waals surface area contributed by atoms with E-state index in [9.17, 15) is 9.59 Å². The standard InChI is InChI=1S/C22H15NO4S2/c24-21(18-11-6-14-26-18)23(22(25)19-12-7-15-27-19)17-10-4-5-13-20(17)29-28-16-8-2-1-3-9-16/h1-15H. The lowest BCUT2D eigenvalue weighted by atomic mass is 10.2. The topological polar surface area (TPSA) is 63.7 Å². The van der Waals surface area contributed by atoms with Gasteiger partial charge in [0, 0.05) is 9.79 Å². The van der Waals surface area contributed by atoms with E-state index in [4.69, 9.17) is 8.83 Å². The van der Waals surface area contributed by atoms with Crippen LogP contribution in [0.15, 0.2) is 110 Å². The summed E-state index contributed by atoms with van der Waals surface area (Å²) in [6, 6.07) is 23.4.